The zero-order valence-electron chi connectivity index (χ0n) is 48.3. The maximum atomic E-state index is 2.82. The number of nitrogens with zero attached hydrogens (tertiary/aromatic N) is 3. The molecule has 0 fully saturated rings. The Hall–Kier alpha value is -6.78. The van der Waals surface area contributed by atoms with E-state index in [1.54, 1.807) is 0 Å². The number of hydrogen-bond acceptors (Lipinski definition) is 3. The normalized spacial score (nSPS) is 18.7. The van der Waals surface area contributed by atoms with Crippen molar-refractivity contribution in [1.82, 2.24) is 0 Å². The van der Waals surface area contributed by atoms with E-state index in [2.05, 4.69) is 283 Å². The molecule has 3 aliphatic heterocycles. The molecule has 0 amide bonds. The molecule has 0 N–H and O–H groups in total. The van der Waals surface area contributed by atoms with Crippen molar-refractivity contribution in [3.8, 4) is 11.1 Å². The van der Waals surface area contributed by atoms with Gasteiger partial charge in [-0.1, -0.05) is 205 Å². The molecule has 0 aromatic heterocycles. The molecule has 12 rings (SSSR count). The standard InChI is InChI=1S/C72H78BN3/c1-45-37-46(2)66-57(38-45)71(15)36-35-48-25-20-21-28-56(48)72(71,16)76(66)54-43-63-65-64(44-54)75(60-33-30-50(68(6,7)8)40-55(60)47-23-18-17-19-24-47)61-34-31-51(69(9,10)11)41-59(61)73(65)58-32-29-52(70(12,13)14)42-62(58)74(63)53-27-22-26-49(39-53)67(3,4)5/h17-34,37-44H,35-36H2,1-16H3. The molecule has 4 aliphatic rings. The second-order valence-electron chi connectivity index (χ2n) is 27.6. The summed E-state index contributed by atoms with van der Waals surface area (Å²) in [5, 5.41) is 0. The van der Waals surface area contributed by atoms with Crippen LogP contribution in [0.3, 0.4) is 0 Å². The summed E-state index contributed by atoms with van der Waals surface area (Å²) < 4.78 is 0. The van der Waals surface area contributed by atoms with Gasteiger partial charge in [-0.3, -0.25) is 0 Å². The highest BCUT2D eigenvalue weighted by Gasteiger charge is 2.61. The Morgan fingerprint density at radius 1 is 0.447 bits per heavy atom. The third-order valence-corrected chi connectivity index (χ3v) is 18.4. The zero-order chi connectivity index (χ0) is 53.8. The first-order valence-electron chi connectivity index (χ1n) is 28.2. The maximum Gasteiger partial charge on any atom is 0.252 e. The molecule has 8 aromatic rings. The summed E-state index contributed by atoms with van der Waals surface area (Å²) >= 11 is 0. The van der Waals surface area contributed by atoms with Crippen LogP contribution in [0.2, 0.25) is 0 Å². The lowest BCUT2D eigenvalue weighted by molar-refractivity contribution is 0.245. The molecule has 0 saturated heterocycles. The Labute approximate surface area is 456 Å². The third-order valence-electron chi connectivity index (χ3n) is 18.4. The Bertz CT molecular complexity index is 3670. The van der Waals surface area contributed by atoms with Crippen LogP contribution in [-0.2, 0) is 39.0 Å². The van der Waals surface area contributed by atoms with Gasteiger partial charge < -0.3 is 14.7 Å². The van der Waals surface area contributed by atoms with Crippen molar-refractivity contribution >= 4 is 68.6 Å². The van der Waals surface area contributed by atoms with E-state index >= 15 is 0 Å². The predicted octanol–water partition coefficient (Wildman–Crippen LogP) is 17.5. The van der Waals surface area contributed by atoms with E-state index in [-0.39, 0.29) is 33.8 Å². The Balaban J connectivity index is 1.27. The van der Waals surface area contributed by atoms with Gasteiger partial charge in [-0.05, 0) is 170 Å². The van der Waals surface area contributed by atoms with Crippen molar-refractivity contribution in [2.24, 2.45) is 0 Å². The molecule has 0 spiro atoms. The molecule has 3 heterocycles. The van der Waals surface area contributed by atoms with E-state index in [0.29, 0.717) is 0 Å². The summed E-state index contributed by atoms with van der Waals surface area (Å²) in [6.07, 6.45) is 2.12. The number of hydrogen-bond donors (Lipinski definition) is 0. The molecule has 0 radical (unpaired) electrons. The smallest absolute Gasteiger partial charge is 0.252 e. The first kappa shape index (κ1) is 50.1. The van der Waals surface area contributed by atoms with Crippen molar-refractivity contribution in [3.05, 3.63) is 208 Å². The Morgan fingerprint density at radius 2 is 1.04 bits per heavy atom. The van der Waals surface area contributed by atoms with Gasteiger partial charge in [0.25, 0.3) is 6.71 Å². The van der Waals surface area contributed by atoms with Crippen LogP contribution in [0.5, 0.6) is 0 Å². The lowest BCUT2D eigenvalue weighted by atomic mass is 9.33. The van der Waals surface area contributed by atoms with Gasteiger partial charge >= 0.3 is 0 Å². The Morgan fingerprint density at radius 3 is 1.72 bits per heavy atom. The number of anilines is 8. The van der Waals surface area contributed by atoms with Gasteiger partial charge in [0.05, 0.1) is 11.2 Å². The summed E-state index contributed by atoms with van der Waals surface area (Å²) in [7, 11) is 0. The second-order valence-corrected chi connectivity index (χ2v) is 27.6. The van der Waals surface area contributed by atoms with Crippen LogP contribution in [0.15, 0.2) is 158 Å². The minimum absolute atomic E-state index is 0.0424. The van der Waals surface area contributed by atoms with Crippen LogP contribution in [0.4, 0.5) is 45.5 Å². The fraction of sp³-hybridized carbons (Fsp3) is 0.333. The van der Waals surface area contributed by atoms with Crippen molar-refractivity contribution < 1.29 is 0 Å². The van der Waals surface area contributed by atoms with Gasteiger partial charge in [0.2, 0.25) is 0 Å². The largest absolute Gasteiger partial charge is 0.330 e. The highest BCUT2D eigenvalue weighted by molar-refractivity contribution is 7.00. The van der Waals surface area contributed by atoms with Gasteiger partial charge in [0, 0.05) is 50.8 Å². The summed E-state index contributed by atoms with van der Waals surface area (Å²) in [6.45, 7) is 38.0. The minimum atomic E-state index is -0.408. The maximum absolute atomic E-state index is 2.82. The van der Waals surface area contributed by atoms with E-state index in [1.165, 1.54) is 123 Å². The first-order valence-corrected chi connectivity index (χ1v) is 28.2. The monoisotopic (exact) mass is 996 g/mol. The molecular formula is C72H78BN3. The summed E-state index contributed by atoms with van der Waals surface area (Å²) in [5.41, 5.74) is 27.8. The number of rotatable bonds is 4. The molecule has 8 aromatic carbocycles. The molecule has 76 heavy (non-hydrogen) atoms. The van der Waals surface area contributed by atoms with Gasteiger partial charge in [-0.15, -0.1) is 0 Å². The minimum Gasteiger partial charge on any atom is -0.330 e. The molecule has 384 valence electrons. The van der Waals surface area contributed by atoms with Crippen molar-refractivity contribution in [3.63, 3.8) is 0 Å². The highest BCUT2D eigenvalue weighted by Crippen LogP contribution is 2.65. The lowest BCUT2D eigenvalue weighted by Crippen LogP contribution is -2.61. The molecule has 3 nitrogen and oxygen atoms in total. The van der Waals surface area contributed by atoms with Crippen LogP contribution in [0.25, 0.3) is 11.1 Å². The van der Waals surface area contributed by atoms with Gasteiger partial charge in [-0.25, -0.2) is 0 Å². The predicted molar refractivity (Wildman–Crippen MR) is 328 cm³/mol. The van der Waals surface area contributed by atoms with Crippen LogP contribution in [0, 0.1) is 13.8 Å². The van der Waals surface area contributed by atoms with Crippen molar-refractivity contribution in [2.75, 3.05) is 14.7 Å². The fourth-order valence-corrected chi connectivity index (χ4v) is 13.9. The lowest BCUT2D eigenvalue weighted by Gasteiger charge is -2.52. The average Bonchev–Trinajstić information content (AvgIpc) is 3.76. The van der Waals surface area contributed by atoms with Gasteiger partial charge in [0.15, 0.2) is 0 Å². The molecule has 2 atom stereocenters. The molecular weight excluding hydrogens is 918 g/mol. The van der Waals surface area contributed by atoms with E-state index in [1.807, 2.05) is 0 Å². The SMILES string of the molecule is Cc1cc(C)c2c(c1)C1(C)CCc3ccccc3C1(C)N2c1cc2c3c(c1)N(c1ccc(C(C)(C)C)cc1-c1ccccc1)c1ccc(C(C)(C)C)cc1B3c1ccc(C(C)(C)C)cc1N2c1cccc(C(C)(C)C)c1. The molecule has 4 heteroatoms. The van der Waals surface area contributed by atoms with Gasteiger partial charge in [0.1, 0.15) is 0 Å². The van der Waals surface area contributed by atoms with Crippen LogP contribution in [-0.4, -0.2) is 6.71 Å². The van der Waals surface area contributed by atoms with Gasteiger partial charge in [-0.2, -0.15) is 0 Å². The van der Waals surface area contributed by atoms with Crippen LogP contribution < -0.4 is 31.1 Å². The van der Waals surface area contributed by atoms with E-state index in [4.69, 9.17) is 0 Å². The van der Waals surface area contributed by atoms with Crippen molar-refractivity contribution in [1.29, 1.82) is 0 Å². The van der Waals surface area contributed by atoms with E-state index < -0.39 is 5.54 Å². The molecule has 1 aliphatic carbocycles. The quantitative estimate of drug-likeness (QED) is 0.163. The van der Waals surface area contributed by atoms with E-state index in [0.717, 1.165) is 12.8 Å². The molecule has 0 saturated carbocycles. The third kappa shape index (κ3) is 7.50. The molecule has 0 bridgehead atoms. The zero-order valence-corrected chi connectivity index (χ0v) is 48.3. The van der Waals surface area contributed by atoms with Crippen LogP contribution in [0.1, 0.15) is 153 Å². The number of benzene rings is 8. The fourth-order valence-electron chi connectivity index (χ4n) is 13.9. The highest BCUT2D eigenvalue weighted by atomic mass is 15.3. The summed E-state index contributed by atoms with van der Waals surface area (Å²) in [4.78, 5) is 8.18. The Kier molecular flexibility index (Phi) is 11.1. The first-order chi connectivity index (χ1) is 35.8. The van der Waals surface area contributed by atoms with Crippen molar-refractivity contribution in [2.45, 2.75) is 156 Å². The average molecular weight is 996 g/mol. The topological polar surface area (TPSA) is 9.72 Å². The summed E-state index contributed by atoms with van der Waals surface area (Å²) in [5.74, 6) is 0. The van der Waals surface area contributed by atoms with Crippen LogP contribution >= 0.6 is 0 Å². The number of fused-ring (bicyclic) bond motifs is 9. The number of aryl methyl sites for hydroxylation is 3. The summed E-state index contributed by atoms with van der Waals surface area (Å²) in [6, 6.07) is 62.4. The second kappa shape index (κ2) is 16.9. The molecule has 2 unspecified atom stereocenters. The van der Waals surface area contributed by atoms with E-state index in [9.17, 15) is 0 Å².